The van der Waals surface area contributed by atoms with Crippen LogP contribution in [0.5, 0.6) is 0 Å². The third kappa shape index (κ3) is 38.7. The molecule has 0 fully saturated rings. The monoisotopic (exact) mass is 784 g/mol. The molecule has 0 radical (unpaired) electrons. The molecule has 54 heavy (non-hydrogen) atoms. The number of aliphatic hydroxyl groups excluding tert-OH is 2. The van der Waals surface area contributed by atoms with E-state index in [1.165, 1.54) is 70.6 Å². The van der Waals surface area contributed by atoms with Crippen molar-refractivity contribution < 1.29 is 38.0 Å². The topological polar surface area (TPSA) is 125 Å². The van der Waals surface area contributed by atoms with Crippen LogP contribution in [0.1, 0.15) is 167 Å². The number of phosphoric acid groups is 1. The minimum Gasteiger partial charge on any atom is -0.396 e. The van der Waals surface area contributed by atoms with Crippen LogP contribution in [0, 0.1) is 0 Å². The summed E-state index contributed by atoms with van der Waals surface area (Å²) in [5.41, 5.74) is 0. The Bertz CT molecular complexity index is 1020. The number of phosphoric ester groups is 1. The number of hydrogen-bond acceptors (Lipinski definition) is 6. The van der Waals surface area contributed by atoms with Crippen molar-refractivity contribution in [2.75, 3.05) is 47.5 Å². The molecule has 0 saturated carbocycles. The highest BCUT2D eigenvalue weighted by Gasteiger charge is 2.28. The fourth-order valence-electron chi connectivity index (χ4n) is 5.90. The molecule has 0 aromatic carbocycles. The number of nitrogens with one attached hydrogen (secondary N) is 1. The first-order valence-corrected chi connectivity index (χ1v) is 23.1. The van der Waals surface area contributed by atoms with Crippen LogP contribution in [0.15, 0.2) is 48.6 Å². The summed E-state index contributed by atoms with van der Waals surface area (Å²) in [6.07, 6.45) is 42.9. The second kappa shape index (κ2) is 37.0. The standard InChI is InChI=1S/C44H83N2O7P/c1-5-6-7-8-9-10-11-12-18-21-24-27-30-33-36-43(48)42(41-53-54(50,51)52-40-38-46(2,3)4)45-44(49)37-34-31-28-25-22-19-16-14-13-15-17-20-23-26-29-32-35-39-47/h13,15-16,19-20,23,25,28,42-43,47-48H,5-12,14,17-18,21-22,24,26-27,29-41H2,1-4H3,(H-,45,49,50,51)/p+1/b15-13-,19-16-,23-20-,28-25-/t42-,43+/m0/s1. The van der Waals surface area contributed by atoms with Gasteiger partial charge in [0, 0.05) is 13.0 Å². The van der Waals surface area contributed by atoms with Gasteiger partial charge in [0.05, 0.1) is 39.9 Å². The van der Waals surface area contributed by atoms with E-state index in [9.17, 15) is 19.4 Å². The lowest BCUT2D eigenvalue weighted by molar-refractivity contribution is -0.870. The lowest BCUT2D eigenvalue weighted by atomic mass is 10.0. The van der Waals surface area contributed by atoms with Gasteiger partial charge < -0.3 is 24.9 Å². The first-order valence-electron chi connectivity index (χ1n) is 21.6. The smallest absolute Gasteiger partial charge is 0.396 e. The third-order valence-electron chi connectivity index (χ3n) is 9.38. The van der Waals surface area contributed by atoms with Crippen LogP contribution in [0.2, 0.25) is 0 Å². The Morgan fingerprint density at radius 1 is 0.667 bits per heavy atom. The fourth-order valence-corrected chi connectivity index (χ4v) is 6.63. The number of hydrogen-bond donors (Lipinski definition) is 4. The van der Waals surface area contributed by atoms with E-state index < -0.39 is 20.0 Å². The minimum atomic E-state index is -4.33. The van der Waals surface area contributed by atoms with Gasteiger partial charge >= 0.3 is 7.82 Å². The summed E-state index contributed by atoms with van der Waals surface area (Å²) >= 11 is 0. The van der Waals surface area contributed by atoms with Crippen molar-refractivity contribution >= 4 is 13.7 Å². The van der Waals surface area contributed by atoms with Gasteiger partial charge in [-0.2, -0.15) is 0 Å². The molecule has 0 rings (SSSR count). The number of unbranched alkanes of at least 4 members (excludes halogenated alkanes) is 17. The highest BCUT2D eigenvalue weighted by molar-refractivity contribution is 7.47. The molecule has 9 nitrogen and oxygen atoms in total. The number of amides is 1. The molecule has 0 heterocycles. The van der Waals surface area contributed by atoms with E-state index in [2.05, 4.69) is 60.8 Å². The maximum absolute atomic E-state index is 12.8. The van der Waals surface area contributed by atoms with Crippen molar-refractivity contribution in [3.8, 4) is 0 Å². The molecule has 0 aromatic rings. The number of nitrogens with zero attached hydrogens (tertiary/aromatic N) is 1. The number of carbonyl (C=O) groups excluding carboxylic acids is 1. The first kappa shape index (κ1) is 52.4. The van der Waals surface area contributed by atoms with Gasteiger partial charge in [-0.25, -0.2) is 4.57 Å². The Labute approximate surface area is 332 Å². The molecule has 1 unspecified atom stereocenters. The zero-order chi connectivity index (χ0) is 40.0. The Kier molecular flexibility index (Phi) is 35.9. The molecule has 0 aliphatic carbocycles. The number of likely N-dealkylation sites (N-methyl/N-ethyl adjacent to an activating group) is 1. The number of carbonyl (C=O) groups is 1. The zero-order valence-corrected chi connectivity index (χ0v) is 36.0. The summed E-state index contributed by atoms with van der Waals surface area (Å²) in [6, 6.07) is -0.796. The predicted octanol–water partition coefficient (Wildman–Crippen LogP) is 10.7. The van der Waals surface area contributed by atoms with Crippen molar-refractivity contribution in [3.63, 3.8) is 0 Å². The number of aliphatic hydroxyl groups is 2. The Balaban J connectivity index is 4.50. The van der Waals surface area contributed by atoms with Crippen molar-refractivity contribution in [1.29, 1.82) is 0 Å². The summed E-state index contributed by atoms with van der Waals surface area (Å²) in [5, 5.41) is 22.7. The van der Waals surface area contributed by atoms with Crippen LogP contribution in [-0.4, -0.2) is 85.2 Å². The largest absolute Gasteiger partial charge is 0.472 e. The molecule has 3 atom stereocenters. The first-order chi connectivity index (χ1) is 26.0. The van der Waals surface area contributed by atoms with Crippen molar-refractivity contribution in [1.82, 2.24) is 5.32 Å². The van der Waals surface area contributed by atoms with Gasteiger partial charge in [-0.1, -0.05) is 152 Å². The normalized spacial score (nSPS) is 14.9. The van der Waals surface area contributed by atoms with Crippen molar-refractivity contribution in [2.24, 2.45) is 0 Å². The lowest BCUT2D eigenvalue weighted by Crippen LogP contribution is -2.46. The molecule has 4 N–H and O–H groups in total. The van der Waals surface area contributed by atoms with Crippen LogP contribution in [0.3, 0.4) is 0 Å². The van der Waals surface area contributed by atoms with Gasteiger partial charge in [-0.05, 0) is 57.8 Å². The molecule has 1 amide bonds. The summed E-state index contributed by atoms with van der Waals surface area (Å²) in [4.78, 5) is 23.1. The van der Waals surface area contributed by atoms with E-state index in [1.807, 2.05) is 21.1 Å². The van der Waals surface area contributed by atoms with E-state index >= 15 is 0 Å². The van der Waals surface area contributed by atoms with Gasteiger partial charge in [0.1, 0.15) is 13.2 Å². The molecule has 10 heteroatoms. The van der Waals surface area contributed by atoms with E-state index in [4.69, 9.17) is 14.2 Å². The molecular weight excluding hydrogens is 699 g/mol. The Morgan fingerprint density at radius 2 is 1.13 bits per heavy atom. The maximum Gasteiger partial charge on any atom is 0.472 e. The minimum absolute atomic E-state index is 0.0578. The van der Waals surface area contributed by atoms with Crippen LogP contribution < -0.4 is 5.32 Å². The number of allylic oxidation sites excluding steroid dienone is 8. The van der Waals surface area contributed by atoms with Crippen LogP contribution in [0.4, 0.5) is 0 Å². The molecule has 0 aliphatic rings. The van der Waals surface area contributed by atoms with Crippen molar-refractivity contribution in [3.05, 3.63) is 48.6 Å². The van der Waals surface area contributed by atoms with Gasteiger partial charge in [0.25, 0.3) is 0 Å². The SMILES string of the molecule is CCCCCCCCCCCCCCCC[C@@H](O)[C@H](COP(=O)(O)OCC[N+](C)(C)C)NC(=O)CCC/C=C\C/C=C\C/C=C\C/C=C\CCCCCO. The molecule has 0 aromatic heterocycles. The average Bonchev–Trinajstić information content (AvgIpc) is 3.12. The van der Waals surface area contributed by atoms with Crippen molar-refractivity contribution in [2.45, 2.75) is 180 Å². The Morgan fingerprint density at radius 3 is 1.63 bits per heavy atom. The lowest BCUT2D eigenvalue weighted by Gasteiger charge is -2.26. The van der Waals surface area contributed by atoms with Crippen LogP contribution in [0.25, 0.3) is 0 Å². The van der Waals surface area contributed by atoms with Gasteiger partial charge in [0.15, 0.2) is 0 Å². The number of rotatable bonds is 39. The zero-order valence-electron chi connectivity index (χ0n) is 35.1. The molecule has 0 aliphatic heterocycles. The predicted molar refractivity (Wildman–Crippen MR) is 227 cm³/mol. The van der Waals surface area contributed by atoms with Gasteiger partial charge in [-0.3, -0.25) is 13.8 Å². The number of quaternary nitrogens is 1. The Hall–Kier alpha value is -1.58. The summed E-state index contributed by atoms with van der Waals surface area (Å²) in [7, 11) is 1.56. The third-order valence-corrected chi connectivity index (χ3v) is 10.4. The molecular formula is C44H84N2O7P+. The molecule has 0 spiro atoms. The molecule has 316 valence electrons. The van der Waals surface area contributed by atoms with E-state index in [0.717, 1.165) is 70.6 Å². The average molecular weight is 784 g/mol. The second-order valence-corrected chi connectivity index (χ2v) is 17.2. The summed E-state index contributed by atoms with van der Waals surface area (Å²) in [6.45, 7) is 2.83. The summed E-state index contributed by atoms with van der Waals surface area (Å²) in [5.74, 6) is -0.209. The summed E-state index contributed by atoms with van der Waals surface area (Å²) < 4.78 is 23.5. The quantitative estimate of drug-likeness (QED) is 0.0212. The second-order valence-electron chi connectivity index (χ2n) is 15.8. The highest BCUT2D eigenvalue weighted by atomic mass is 31.2. The van der Waals surface area contributed by atoms with Crippen LogP contribution in [-0.2, 0) is 18.4 Å². The highest BCUT2D eigenvalue weighted by Crippen LogP contribution is 2.43. The van der Waals surface area contributed by atoms with E-state index in [1.54, 1.807) is 0 Å². The van der Waals surface area contributed by atoms with E-state index in [0.29, 0.717) is 30.3 Å². The maximum atomic E-state index is 12.8. The van der Waals surface area contributed by atoms with Crippen LogP contribution >= 0.6 is 7.82 Å². The van der Waals surface area contributed by atoms with Gasteiger partial charge in [-0.15, -0.1) is 0 Å². The molecule has 0 bridgehead atoms. The van der Waals surface area contributed by atoms with Gasteiger partial charge in [0.2, 0.25) is 5.91 Å². The fraction of sp³-hybridized carbons (Fsp3) is 0.795. The van der Waals surface area contributed by atoms with E-state index in [-0.39, 0.29) is 25.7 Å². The molecule has 0 saturated heterocycles.